The number of hydrogen-bond acceptors (Lipinski definition) is 3. The lowest BCUT2D eigenvalue weighted by molar-refractivity contribution is 0.184. The first-order chi connectivity index (χ1) is 14.2. The minimum atomic E-state index is -0.362. The number of hydrogen-bond donors (Lipinski definition) is 1. The van der Waals surface area contributed by atoms with Gasteiger partial charge >= 0.3 is 6.03 Å². The lowest BCUT2D eigenvalue weighted by atomic mass is 9.85. The minimum Gasteiger partial charge on any atom is -0.299 e. The number of amidine groups is 1. The van der Waals surface area contributed by atoms with Crippen molar-refractivity contribution in [3.05, 3.63) is 66.2 Å². The van der Waals surface area contributed by atoms with E-state index in [1.807, 2.05) is 35.2 Å². The fourth-order valence-corrected chi connectivity index (χ4v) is 4.43. The van der Waals surface area contributed by atoms with E-state index in [1.54, 1.807) is 0 Å². The Morgan fingerprint density at radius 2 is 1.66 bits per heavy atom. The summed E-state index contributed by atoms with van der Waals surface area (Å²) in [5.74, 6) is 0.860. The lowest BCUT2D eigenvalue weighted by Gasteiger charge is -2.43. The predicted octanol–water partition coefficient (Wildman–Crippen LogP) is 4.45. The number of urea groups is 1. The second kappa shape index (κ2) is 8.78. The van der Waals surface area contributed by atoms with Gasteiger partial charge in [0.15, 0.2) is 0 Å². The molecule has 2 aromatic carbocycles. The van der Waals surface area contributed by atoms with Crippen molar-refractivity contribution in [3.8, 4) is 0 Å². The van der Waals surface area contributed by atoms with Crippen LogP contribution in [-0.4, -0.2) is 41.9 Å². The third-order valence-corrected chi connectivity index (χ3v) is 6.03. The molecule has 2 heterocycles. The number of piperidine rings is 1. The smallest absolute Gasteiger partial charge is 0.299 e. The van der Waals surface area contributed by atoms with Crippen LogP contribution in [0, 0.1) is 0 Å². The molecule has 0 unspecified atom stereocenters. The summed E-state index contributed by atoms with van der Waals surface area (Å²) in [7, 11) is 0. The summed E-state index contributed by atoms with van der Waals surface area (Å²) in [4.78, 5) is 22.3. The average Bonchev–Trinajstić information content (AvgIpc) is 3.02. The van der Waals surface area contributed by atoms with Crippen molar-refractivity contribution in [3.63, 3.8) is 0 Å². The van der Waals surface area contributed by atoms with Gasteiger partial charge in [-0.3, -0.25) is 20.1 Å². The normalized spacial score (nSPS) is 20.4. The van der Waals surface area contributed by atoms with Crippen molar-refractivity contribution in [2.75, 3.05) is 24.5 Å². The van der Waals surface area contributed by atoms with Gasteiger partial charge < -0.3 is 0 Å². The highest BCUT2D eigenvalue weighted by molar-refractivity contribution is 6.19. The molecule has 0 radical (unpaired) electrons. The Morgan fingerprint density at radius 1 is 1.00 bits per heavy atom. The summed E-state index contributed by atoms with van der Waals surface area (Å²) in [5.41, 5.74) is 1.92. The maximum atomic E-state index is 13.0. The minimum absolute atomic E-state index is 0.0528. The van der Waals surface area contributed by atoms with Crippen molar-refractivity contribution in [2.24, 2.45) is 4.99 Å². The summed E-state index contributed by atoms with van der Waals surface area (Å²) in [6, 6.07) is 20.6. The zero-order valence-electron chi connectivity index (χ0n) is 17.2. The third-order valence-electron chi connectivity index (χ3n) is 6.03. The Hall–Kier alpha value is -2.66. The number of benzene rings is 2. The molecule has 29 heavy (non-hydrogen) atoms. The van der Waals surface area contributed by atoms with E-state index in [9.17, 15) is 4.79 Å². The number of likely N-dealkylation sites (tertiary alicyclic amines) is 1. The van der Waals surface area contributed by atoms with Gasteiger partial charge in [-0.1, -0.05) is 61.9 Å². The van der Waals surface area contributed by atoms with Gasteiger partial charge in [0.25, 0.3) is 0 Å². The van der Waals surface area contributed by atoms with E-state index in [1.165, 1.54) is 5.56 Å². The molecule has 0 saturated carbocycles. The van der Waals surface area contributed by atoms with Crippen molar-refractivity contribution in [1.82, 2.24) is 10.2 Å². The van der Waals surface area contributed by atoms with Gasteiger partial charge in [0.1, 0.15) is 11.4 Å². The number of carbonyl (C=O) groups is 1. The molecule has 0 aromatic heterocycles. The van der Waals surface area contributed by atoms with E-state index < -0.39 is 0 Å². The molecule has 2 aromatic rings. The molecule has 2 amide bonds. The molecule has 2 aliphatic rings. The summed E-state index contributed by atoms with van der Waals surface area (Å²) in [5, 5.41) is 3.10. The zero-order valence-corrected chi connectivity index (χ0v) is 17.2. The highest BCUT2D eigenvalue weighted by atomic mass is 16.2. The number of nitrogens with one attached hydrogen (secondary N) is 1. The summed E-state index contributed by atoms with van der Waals surface area (Å²) in [6.07, 6.45) is 3.92. The molecule has 2 fully saturated rings. The van der Waals surface area contributed by atoms with E-state index in [0.29, 0.717) is 0 Å². The van der Waals surface area contributed by atoms with Crippen LogP contribution in [0.5, 0.6) is 0 Å². The van der Waals surface area contributed by atoms with E-state index >= 15 is 0 Å². The van der Waals surface area contributed by atoms with Gasteiger partial charge in [-0.2, -0.15) is 0 Å². The van der Waals surface area contributed by atoms with Gasteiger partial charge in [0, 0.05) is 31.9 Å². The largest absolute Gasteiger partial charge is 0.328 e. The second-order valence-electron chi connectivity index (χ2n) is 7.98. The Labute approximate surface area is 173 Å². The fourth-order valence-electron chi connectivity index (χ4n) is 4.43. The fraction of sp³-hybridized carbons (Fsp3) is 0.417. The monoisotopic (exact) mass is 390 g/mol. The van der Waals surface area contributed by atoms with E-state index in [4.69, 9.17) is 4.99 Å². The first-order valence-corrected chi connectivity index (χ1v) is 10.7. The number of carbonyl (C=O) groups excluding carboxylic acids is 1. The molecule has 0 atom stereocenters. The molecular weight excluding hydrogens is 360 g/mol. The molecule has 0 aliphatic carbocycles. The maximum Gasteiger partial charge on any atom is 0.328 e. The number of rotatable bonds is 6. The van der Waals surface area contributed by atoms with Crippen LogP contribution in [0.25, 0.3) is 0 Å². The van der Waals surface area contributed by atoms with E-state index in [-0.39, 0.29) is 11.6 Å². The third kappa shape index (κ3) is 4.06. The molecule has 4 rings (SSSR count). The van der Waals surface area contributed by atoms with Crippen LogP contribution in [0.4, 0.5) is 10.5 Å². The summed E-state index contributed by atoms with van der Waals surface area (Å²) < 4.78 is 0. The van der Waals surface area contributed by atoms with Crippen LogP contribution in [0.1, 0.15) is 38.2 Å². The van der Waals surface area contributed by atoms with Crippen LogP contribution in [0.2, 0.25) is 0 Å². The number of unbranched alkanes of at least 4 members (excludes halogenated alkanes) is 1. The Bertz CT molecular complexity index is 842. The first kappa shape index (κ1) is 19.6. The Morgan fingerprint density at radius 3 is 2.31 bits per heavy atom. The van der Waals surface area contributed by atoms with Gasteiger partial charge in [-0.15, -0.1) is 0 Å². The quantitative estimate of drug-likeness (QED) is 0.741. The van der Waals surface area contributed by atoms with E-state index in [2.05, 4.69) is 47.5 Å². The first-order valence-electron chi connectivity index (χ1n) is 10.7. The van der Waals surface area contributed by atoms with Crippen molar-refractivity contribution in [2.45, 2.75) is 44.7 Å². The van der Waals surface area contributed by atoms with Crippen molar-refractivity contribution < 1.29 is 4.79 Å². The van der Waals surface area contributed by atoms with Gasteiger partial charge in [0.05, 0.1) is 0 Å². The van der Waals surface area contributed by atoms with Crippen molar-refractivity contribution >= 4 is 17.6 Å². The molecule has 2 aliphatic heterocycles. The molecule has 1 N–H and O–H groups in total. The molecule has 0 bridgehead atoms. The number of aliphatic imine (C=N–C) groups is 1. The Kier molecular flexibility index (Phi) is 5.95. The van der Waals surface area contributed by atoms with Crippen LogP contribution in [-0.2, 0) is 6.54 Å². The van der Waals surface area contributed by atoms with Crippen LogP contribution in [0.15, 0.2) is 65.7 Å². The average molecular weight is 391 g/mol. The molecule has 5 nitrogen and oxygen atoms in total. The number of amides is 2. The number of nitrogens with zero attached hydrogens (tertiary/aromatic N) is 3. The van der Waals surface area contributed by atoms with E-state index in [0.717, 1.165) is 63.4 Å². The second-order valence-corrected chi connectivity index (χ2v) is 7.98. The molecule has 5 heteroatoms. The van der Waals surface area contributed by atoms with Crippen molar-refractivity contribution in [1.29, 1.82) is 0 Å². The lowest BCUT2D eigenvalue weighted by Crippen LogP contribution is -2.56. The highest BCUT2D eigenvalue weighted by Gasteiger charge is 2.52. The van der Waals surface area contributed by atoms with Gasteiger partial charge in [0.2, 0.25) is 0 Å². The van der Waals surface area contributed by atoms with Crippen LogP contribution >= 0.6 is 0 Å². The van der Waals surface area contributed by atoms with Crippen LogP contribution in [0.3, 0.4) is 0 Å². The highest BCUT2D eigenvalue weighted by Crippen LogP contribution is 2.38. The predicted molar refractivity (Wildman–Crippen MR) is 118 cm³/mol. The summed E-state index contributed by atoms with van der Waals surface area (Å²) in [6.45, 7) is 5.78. The van der Waals surface area contributed by atoms with Gasteiger partial charge in [-0.25, -0.2) is 4.79 Å². The Balaban J connectivity index is 1.58. The van der Waals surface area contributed by atoms with Crippen LogP contribution < -0.4 is 10.2 Å². The maximum absolute atomic E-state index is 13.0. The standard InChI is InChI=1S/C24H30N4O/c1-2-3-16-25-22-24(28(23(29)26-22)21-12-8-5-9-13-21)14-17-27(18-15-24)19-20-10-6-4-7-11-20/h4-13H,2-3,14-19H2,1H3,(H,25,26,29). The number of para-hydroxylation sites is 1. The van der Waals surface area contributed by atoms with Gasteiger partial charge in [-0.05, 0) is 37.0 Å². The SMILES string of the molecule is CCCCN=C1NC(=O)N(c2ccccc2)C12CCN(Cc1ccccc1)CC2. The topological polar surface area (TPSA) is 47.9 Å². The zero-order chi connectivity index (χ0) is 20.1. The molecule has 1 spiro atoms. The molecule has 152 valence electrons. The molecule has 2 saturated heterocycles. The molecular formula is C24H30N4O. The summed E-state index contributed by atoms with van der Waals surface area (Å²) >= 11 is 0. The number of anilines is 1.